The molecule has 1 aliphatic heterocycles. The van der Waals surface area contributed by atoms with Crippen molar-refractivity contribution in [1.29, 1.82) is 5.26 Å². The van der Waals surface area contributed by atoms with Crippen LogP contribution in [0.5, 0.6) is 0 Å². The lowest BCUT2D eigenvalue weighted by molar-refractivity contribution is -0.124. The smallest absolute Gasteiger partial charge is 0.220 e. The van der Waals surface area contributed by atoms with E-state index in [1.807, 2.05) is 54.0 Å². The van der Waals surface area contributed by atoms with Crippen LogP contribution in [0.4, 0.5) is 0 Å². The van der Waals surface area contributed by atoms with Gasteiger partial charge in [0.2, 0.25) is 5.91 Å². The predicted molar refractivity (Wildman–Crippen MR) is 107 cm³/mol. The van der Waals surface area contributed by atoms with Crippen LogP contribution in [0.15, 0.2) is 48.5 Å². The first-order valence-electron chi connectivity index (χ1n) is 9.45. The van der Waals surface area contributed by atoms with Crippen LogP contribution in [-0.2, 0) is 11.3 Å². The van der Waals surface area contributed by atoms with Crippen molar-refractivity contribution < 1.29 is 9.59 Å². The summed E-state index contributed by atoms with van der Waals surface area (Å²) in [5.41, 5.74) is 4.13. The van der Waals surface area contributed by atoms with E-state index < -0.39 is 0 Å². The van der Waals surface area contributed by atoms with E-state index >= 15 is 0 Å². The number of nitriles is 1. The maximum absolute atomic E-state index is 12.0. The van der Waals surface area contributed by atoms with Crippen LogP contribution in [0.2, 0.25) is 0 Å². The van der Waals surface area contributed by atoms with Gasteiger partial charge in [-0.25, -0.2) is 0 Å². The summed E-state index contributed by atoms with van der Waals surface area (Å²) < 4.78 is 2.02. The number of carbonyl (C=O) groups excluding carboxylic acids is 2. The minimum Gasteiger partial charge on any atom is -0.349 e. The zero-order valence-corrected chi connectivity index (χ0v) is 15.7. The summed E-state index contributed by atoms with van der Waals surface area (Å²) in [7, 11) is 0. The maximum Gasteiger partial charge on any atom is 0.220 e. The lowest BCUT2D eigenvalue weighted by Crippen LogP contribution is -2.40. The van der Waals surface area contributed by atoms with Gasteiger partial charge in [-0.05, 0) is 42.7 Å². The Morgan fingerprint density at radius 1 is 1.25 bits per heavy atom. The van der Waals surface area contributed by atoms with E-state index in [1.165, 1.54) is 0 Å². The van der Waals surface area contributed by atoms with Gasteiger partial charge < -0.3 is 9.88 Å². The van der Waals surface area contributed by atoms with Crippen LogP contribution in [0.25, 0.3) is 10.9 Å². The molecule has 0 bridgehead atoms. The molecule has 0 saturated carbocycles. The quantitative estimate of drug-likeness (QED) is 0.707. The molecule has 1 aliphatic rings. The molecule has 1 N–H and O–H groups in total. The van der Waals surface area contributed by atoms with Crippen LogP contribution in [0.3, 0.4) is 0 Å². The second-order valence-electron chi connectivity index (χ2n) is 7.34. The van der Waals surface area contributed by atoms with Crippen molar-refractivity contribution in [3.05, 3.63) is 70.9 Å². The summed E-state index contributed by atoms with van der Waals surface area (Å²) in [5, 5.41) is 13.7. The molecule has 1 amide bonds. The van der Waals surface area contributed by atoms with Crippen molar-refractivity contribution >= 4 is 23.1 Å². The van der Waals surface area contributed by atoms with Gasteiger partial charge in [0.15, 0.2) is 0 Å². The number of piperidine rings is 1. The molecule has 0 unspecified atom stereocenters. The third kappa shape index (κ3) is 3.07. The van der Waals surface area contributed by atoms with Crippen molar-refractivity contribution in [3.8, 4) is 6.07 Å². The summed E-state index contributed by atoms with van der Waals surface area (Å²) in [6, 6.07) is 17.8. The fourth-order valence-corrected chi connectivity index (χ4v) is 4.20. The van der Waals surface area contributed by atoms with Gasteiger partial charge in [0, 0.05) is 35.3 Å². The van der Waals surface area contributed by atoms with Gasteiger partial charge in [-0.15, -0.1) is 0 Å². The normalized spacial score (nSPS) is 19.2. The van der Waals surface area contributed by atoms with E-state index in [0.29, 0.717) is 24.2 Å². The van der Waals surface area contributed by atoms with Crippen molar-refractivity contribution in [1.82, 2.24) is 9.88 Å². The molecule has 2 heterocycles. The number of rotatable bonds is 4. The van der Waals surface area contributed by atoms with E-state index in [4.69, 9.17) is 0 Å². The first kappa shape index (κ1) is 18.0. The Morgan fingerprint density at radius 3 is 2.75 bits per heavy atom. The highest BCUT2D eigenvalue weighted by Gasteiger charge is 2.31. The highest BCUT2D eigenvalue weighted by molar-refractivity contribution is 5.92. The average molecular weight is 371 g/mol. The molecule has 28 heavy (non-hydrogen) atoms. The largest absolute Gasteiger partial charge is 0.349 e. The lowest BCUT2D eigenvalue weighted by Gasteiger charge is -2.33. The Kier molecular flexibility index (Phi) is 4.70. The summed E-state index contributed by atoms with van der Waals surface area (Å²) in [6.45, 7) is 2.54. The van der Waals surface area contributed by atoms with Crippen LogP contribution < -0.4 is 5.32 Å². The van der Waals surface area contributed by atoms with E-state index in [1.54, 1.807) is 6.07 Å². The Balaban J connectivity index is 1.76. The molecule has 140 valence electrons. The number of amides is 1. The van der Waals surface area contributed by atoms with E-state index in [-0.39, 0.29) is 17.9 Å². The number of benzene rings is 2. The SMILES string of the molecule is Cc1c(C=O)ccc2c1cc(C#N)n2C[C@@H]1CCC(=O)N[C@H]1c1ccccc1. The van der Waals surface area contributed by atoms with Crippen molar-refractivity contribution in [3.63, 3.8) is 0 Å². The molecular weight excluding hydrogens is 350 g/mol. The lowest BCUT2D eigenvalue weighted by atomic mass is 9.85. The fraction of sp³-hybridized carbons (Fsp3) is 0.261. The number of aromatic nitrogens is 1. The summed E-state index contributed by atoms with van der Waals surface area (Å²) >= 11 is 0. The molecule has 0 spiro atoms. The Hall–Kier alpha value is -3.39. The fourth-order valence-electron chi connectivity index (χ4n) is 4.20. The van der Waals surface area contributed by atoms with Gasteiger partial charge in [0.05, 0.1) is 6.04 Å². The molecular formula is C23H21N3O2. The molecule has 5 nitrogen and oxygen atoms in total. The zero-order valence-electron chi connectivity index (χ0n) is 15.7. The number of hydrogen-bond donors (Lipinski definition) is 1. The second kappa shape index (κ2) is 7.32. The van der Waals surface area contributed by atoms with Crippen molar-refractivity contribution in [2.24, 2.45) is 5.92 Å². The van der Waals surface area contributed by atoms with E-state index in [0.717, 1.165) is 34.7 Å². The second-order valence-corrected chi connectivity index (χ2v) is 7.34. The number of hydrogen-bond acceptors (Lipinski definition) is 3. The topological polar surface area (TPSA) is 74.9 Å². The van der Waals surface area contributed by atoms with E-state index in [2.05, 4.69) is 11.4 Å². The van der Waals surface area contributed by atoms with Gasteiger partial charge >= 0.3 is 0 Å². The van der Waals surface area contributed by atoms with Gasteiger partial charge in [0.1, 0.15) is 18.0 Å². The molecule has 4 rings (SSSR count). The Labute approximate surface area is 163 Å². The molecule has 1 aromatic heterocycles. The van der Waals surface area contributed by atoms with Crippen LogP contribution in [0.1, 0.15) is 46.1 Å². The molecule has 2 atom stereocenters. The van der Waals surface area contributed by atoms with Gasteiger partial charge in [-0.3, -0.25) is 9.59 Å². The number of fused-ring (bicyclic) bond motifs is 1. The first-order chi connectivity index (χ1) is 13.6. The van der Waals surface area contributed by atoms with Crippen molar-refractivity contribution in [2.45, 2.75) is 32.4 Å². The highest BCUT2D eigenvalue weighted by atomic mass is 16.1. The maximum atomic E-state index is 12.0. The predicted octanol–water partition coefficient (Wildman–Crippen LogP) is 3.90. The summed E-state index contributed by atoms with van der Waals surface area (Å²) in [5.74, 6) is 0.239. The van der Waals surface area contributed by atoms with Crippen molar-refractivity contribution in [2.75, 3.05) is 0 Å². The molecule has 1 fully saturated rings. The Morgan fingerprint density at radius 2 is 2.04 bits per heavy atom. The minimum atomic E-state index is -0.0817. The molecule has 5 heteroatoms. The molecule has 0 radical (unpaired) electrons. The number of carbonyl (C=O) groups is 2. The summed E-state index contributed by atoms with van der Waals surface area (Å²) in [4.78, 5) is 23.3. The Bertz CT molecular complexity index is 1090. The molecule has 3 aromatic rings. The first-order valence-corrected chi connectivity index (χ1v) is 9.45. The third-order valence-electron chi connectivity index (χ3n) is 5.74. The highest BCUT2D eigenvalue weighted by Crippen LogP contribution is 2.33. The number of aryl methyl sites for hydroxylation is 1. The van der Waals surface area contributed by atoms with Gasteiger partial charge in [-0.2, -0.15) is 5.26 Å². The number of nitrogens with zero attached hydrogens (tertiary/aromatic N) is 2. The zero-order chi connectivity index (χ0) is 19.7. The summed E-state index contributed by atoms with van der Waals surface area (Å²) in [6.07, 6.45) is 2.10. The van der Waals surface area contributed by atoms with Crippen LogP contribution in [0, 0.1) is 24.2 Å². The molecule has 0 aliphatic carbocycles. The monoisotopic (exact) mass is 371 g/mol. The number of nitrogens with one attached hydrogen (secondary N) is 1. The van der Waals surface area contributed by atoms with Gasteiger partial charge in [-0.1, -0.05) is 30.3 Å². The average Bonchev–Trinajstić information content (AvgIpc) is 3.08. The minimum absolute atomic E-state index is 0.0643. The molecule has 2 aromatic carbocycles. The van der Waals surface area contributed by atoms with Crippen LogP contribution in [-0.4, -0.2) is 16.8 Å². The number of aldehydes is 1. The van der Waals surface area contributed by atoms with Crippen LogP contribution >= 0.6 is 0 Å². The van der Waals surface area contributed by atoms with E-state index in [9.17, 15) is 14.9 Å². The third-order valence-corrected chi connectivity index (χ3v) is 5.74. The standard InChI is InChI=1S/C23H21N3O2/c1-15-18(14-27)7-9-21-20(15)11-19(12-24)26(21)13-17-8-10-22(28)25-23(17)16-5-3-2-4-6-16/h2-7,9,11,14,17,23H,8,10,13H2,1H3,(H,25,28)/t17-,23-/m0/s1. The van der Waals surface area contributed by atoms with Gasteiger partial charge in [0.25, 0.3) is 0 Å². The molecule has 1 saturated heterocycles.